The lowest BCUT2D eigenvalue weighted by molar-refractivity contribution is -0.138. The number of nitrogens with one attached hydrogen (secondary N) is 1. The third kappa shape index (κ3) is 8.80. The number of morpholine rings is 1. The second kappa shape index (κ2) is 15.8. The van der Waals surface area contributed by atoms with Gasteiger partial charge in [-0.1, -0.05) is 12.1 Å². The second-order valence-corrected chi connectivity index (χ2v) is 12.3. The summed E-state index contributed by atoms with van der Waals surface area (Å²) in [5.74, 6) is -1.13. The molecule has 0 bridgehead atoms. The number of benzene rings is 1. The van der Waals surface area contributed by atoms with Crippen LogP contribution in [0.2, 0.25) is 0 Å². The smallest absolute Gasteiger partial charge is 0.379 e. The third-order valence-electron chi connectivity index (χ3n) is 8.43. The molecule has 1 aromatic carbocycles. The molecule has 3 aliphatic rings. The van der Waals surface area contributed by atoms with E-state index in [9.17, 15) is 32.4 Å². The Labute approximate surface area is 278 Å². The Morgan fingerprint density at radius 3 is 2.50 bits per heavy atom. The van der Waals surface area contributed by atoms with Gasteiger partial charge >= 0.3 is 6.18 Å². The summed E-state index contributed by atoms with van der Waals surface area (Å²) < 4.78 is 59.7. The number of pyridine rings is 1. The first-order chi connectivity index (χ1) is 22.7. The van der Waals surface area contributed by atoms with E-state index in [4.69, 9.17) is 4.74 Å². The predicted molar refractivity (Wildman–Crippen MR) is 174 cm³/mol. The van der Waals surface area contributed by atoms with Gasteiger partial charge in [-0.2, -0.15) is 18.4 Å². The first-order valence-electron chi connectivity index (χ1n) is 15.7. The highest BCUT2D eigenvalue weighted by Crippen LogP contribution is 2.36. The minimum absolute atomic E-state index is 0.0556. The molecular weight excluding hydrogens is 632 g/mol. The van der Waals surface area contributed by atoms with Crippen LogP contribution in [0.15, 0.2) is 36.4 Å². The third-order valence-corrected chi connectivity index (χ3v) is 8.43. The van der Waals surface area contributed by atoms with Crippen LogP contribution in [0.25, 0.3) is 0 Å². The number of anilines is 3. The molecule has 0 spiro atoms. The number of hydrogen-bond donors (Lipinski definition) is 1. The molecule has 2 saturated heterocycles. The quantitative estimate of drug-likeness (QED) is 0.365. The van der Waals surface area contributed by atoms with Crippen LogP contribution in [-0.4, -0.2) is 124 Å². The van der Waals surface area contributed by atoms with Gasteiger partial charge in [0.2, 0.25) is 11.8 Å². The molecule has 260 valence electrons. The molecule has 5 rings (SSSR count). The van der Waals surface area contributed by atoms with Crippen molar-refractivity contribution in [3.63, 3.8) is 0 Å². The van der Waals surface area contributed by atoms with E-state index >= 15 is 0 Å². The fourth-order valence-corrected chi connectivity index (χ4v) is 5.75. The number of amides is 2. The molecule has 2 amide bonds. The van der Waals surface area contributed by atoms with E-state index in [1.54, 1.807) is 30.2 Å². The molecule has 0 unspecified atom stereocenters. The summed E-state index contributed by atoms with van der Waals surface area (Å²) in [5, 5.41) is 12.1. The van der Waals surface area contributed by atoms with E-state index in [2.05, 4.69) is 15.2 Å². The summed E-state index contributed by atoms with van der Waals surface area (Å²) in [5.41, 5.74) is -1.14. The van der Waals surface area contributed by atoms with Gasteiger partial charge in [-0.15, -0.1) is 0 Å². The maximum absolute atomic E-state index is 14.3. The lowest BCUT2D eigenvalue weighted by Crippen LogP contribution is -2.62. The number of aromatic nitrogens is 1. The average molecular weight is 675 g/mol. The Balaban J connectivity index is 0.000000246. The number of alkyl halides is 3. The van der Waals surface area contributed by atoms with Gasteiger partial charge in [-0.3, -0.25) is 14.5 Å². The maximum atomic E-state index is 14.3. The number of rotatable bonds is 6. The number of nitrogens with zero attached hydrogens (tertiary/aromatic N) is 7. The zero-order valence-electron chi connectivity index (χ0n) is 27.8. The maximum Gasteiger partial charge on any atom is 0.417 e. The second-order valence-electron chi connectivity index (χ2n) is 12.3. The predicted octanol–water partition coefficient (Wildman–Crippen LogP) is 3.35. The Morgan fingerprint density at radius 1 is 1.19 bits per heavy atom. The van der Waals surface area contributed by atoms with Gasteiger partial charge in [0.15, 0.2) is 0 Å². The number of carbonyl (C=O) groups excluding carboxylic acids is 2. The molecule has 3 aliphatic heterocycles. The summed E-state index contributed by atoms with van der Waals surface area (Å²) >= 11 is 0. The standard InChI is InChI=1S/C20H19F4N5O.C13H23N3O2/c1-11-9-13(20(22,23)24)12(10-25)18(26-11)27-15-7-8-28(2)17-14(21)5-4-6-16(17)29(3)19(15)30;1-14(2)5-3-4-13(17)16-10-12(11-16)15-6-8-18-9-7-15/h4-6,9,15H,7-8H2,1-3H3,(H,26,27);3-4,12H,5-11H2,1-2H3/b;4-3+/t15-;/m0./s1. The van der Waals surface area contributed by atoms with E-state index in [-0.39, 0.29) is 36.1 Å². The number of likely N-dealkylation sites (N-methyl/N-ethyl adjacent to an activating group) is 2. The van der Waals surface area contributed by atoms with Gasteiger partial charge in [-0.25, -0.2) is 9.37 Å². The van der Waals surface area contributed by atoms with Crippen molar-refractivity contribution < 1.29 is 31.9 Å². The van der Waals surface area contributed by atoms with E-state index < -0.39 is 35.1 Å². The van der Waals surface area contributed by atoms with Crippen LogP contribution in [0.1, 0.15) is 23.2 Å². The molecule has 4 heterocycles. The first-order valence-corrected chi connectivity index (χ1v) is 15.7. The normalized spacial score (nSPS) is 19.2. The minimum Gasteiger partial charge on any atom is -0.379 e. The Hall–Kier alpha value is -4.26. The van der Waals surface area contributed by atoms with Gasteiger partial charge in [0.05, 0.1) is 30.2 Å². The van der Waals surface area contributed by atoms with Crippen molar-refractivity contribution >= 4 is 29.0 Å². The van der Waals surface area contributed by atoms with E-state index in [1.807, 2.05) is 30.0 Å². The van der Waals surface area contributed by atoms with Gasteiger partial charge in [0, 0.05) is 71.2 Å². The number of carbonyl (C=O) groups is 2. The number of halogens is 4. The van der Waals surface area contributed by atoms with Gasteiger partial charge in [-0.05, 0) is 45.6 Å². The molecule has 11 nitrogen and oxygen atoms in total. The molecule has 2 aromatic rings. The lowest BCUT2D eigenvalue weighted by atomic mass is 10.1. The van der Waals surface area contributed by atoms with Crippen LogP contribution in [0.5, 0.6) is 0 Å². The van der Waals surface area contributed by atoms with Crippen molar-refractivity contribution in [1.29, 1.82) is 5.26 Å². The molecule has 0 aliphatic carbocycles. The van der Waals surface area contributed by atoms with Crippen LogP contribution in [0.3, 0.4) is 0 Å². The molecule has 0 radical (unpaired) electrons. The monoisotopic (exact) mass is 674 g/mol. The highest BCUT2D eigenvalue weighted by Gasteiger charge is 2.37. The number of para-hydroxylation sites is 1. The van der Waals surface area contributed by atoms with Crippen molar-refractivity contribution in [2.24, 2.45) is 0 Å². The SMILES string of the molecule is CN(C)C/C=C/C(=O)N1CC(N2CCOCC2)C1.Cc1cc(C(F)(F)F)c(C#N)c(N[C@H]2CCN(C)c3c(F)cccc3N(C)C2=O)n1. The lowest BCUT2D eigenvalue weighted by Gasteiger charge is -2.46. The Kier molecular flexibility index (Phi) is 12.0. The fraction of sp³-hybridized carbons (Fsp3) is 0.515. The van der Waals surface area contributed by atoms with Crippen LogP contribution in [-0.2, 0) is 20.5 Å². The number of hydrogen-bond acceptors (Lipinski definition) is 9. The molecular formula is C33H42F4N8O3. The molecule has 1 aromatic heterocycles. The number of likely N-dealkylation sites (tertiary alicyclic amines) is 1. The molecule has 2 fully saturated rings. The first kappa shape index (κ1) is 36.6. The fourth-order valence-electron chi connectivity index (χ4n) is 5.75. The molecule has 48 heavy (non-hydrogen) atoms. The minimum atomic E-state index is -4.74. The zero-order chi connectivity index (χ0) is 35.2. The summed E-state index contributed by atoms with van der Waals surface area (Å²) in [7, 11) is 7.11. The highest BCUT2D eigenvalue weighted by molar-refractivity contribution is 6.01. The number of fused-ring (bicyclic) bond motifs is 1. The van der Waals surface area contributed by atoms with Crippen LogP contribution < -0.4 is 15.1 Å². The van der Waals surface area contributed by atoms with Crippen LogP contribution in [0.4, 0.5) is 34.8 Å². The van der Waals surface area contributed by atoms with Gasteiger partial charge in [0.1, 0.15) is 29.3 Å². The summed E-state index contributed by atoms with van der Waals surface area (Å²) in [6.45, 7) is 7.83. The van der Waals surface area contributed by atoms with Gasteiger partial charge in [0.25, 0.3) is 0 Å². The topological polar surface area (TPSA) is 108 Å². The summed E-state index contributed by atoms with van der Waals surface area (Å²) in [6.07, 6.45) is -0.969. The van der Waals surface area contributed by atoms with Crippen LogP contribution >= 0.6 is 0 Å². The Morgan fingerprint density at radius 2 is 1.88 bits per heavy atom. The molecule has 0 saturated carbocycles. The van der Waals surface area contributed by atoms with Crippen molar-refractivity contribution in [3.8, 4) is 6.07 Å². The van der Waals surface area contributed by atoms with Crippen molar-refractivity contribution in [3.05, 3.63) is 59.1 Å². The largest absolute Gasteiger partial charge is 0.417 e. The van der Waals surface area contributed by atoms with Crippen LogP contribution in [0, 0.1) is 24.1 Å². The summed E-state index contributed by atoms with van der Waals surface area (Å²) in [6, 6.07) is 6.27. The summed E-state index contributed by atoms with van der Waals surface area (Å²) in [4.78, 5) is 38.1. The van der Waals surface area contributed by atoms with E-state index in [1.165, 1.54) is 31.0 Å². The average Bonchev–Trinajstić information content (AvgIpc) is 3.01. The number of ether oxygens (including phenoxy) is 1. The Bertz CT molecular complexity index is 1530. The molecule has 1 atom stereocenters. The highest BCUT2D eigenvalue weighted by atomic mass is 19.4. The van der Waals surface area contributed by atoms with Crippen molar-refractivity contribution in [2.45, 2.75) is 31.6 Å². The molecule has 1 N–H and O–H groups in total. The zero-order valence-corrected chi connectivity index (χ0v) is 27.8. The van der Waals surface area contributed by atoms with Crippen molar-refractivity contribution in [1.82, 2.24) is 19.7 Å². The molecule has 15 heteroatoms. The van der Waals surface area contributed by atoms with E-state index in [0.29, 0.717) is 11.7 Å². The van der Waals surface area contributed by atoms with Crippen molar-refractivity contribution in [2.75, 3.05) is 95.8 Å². The van der Waals surface area contributed by atoms with Gasteiger partial charge < -0.3 is 29.7 Å². The number of aryl methyl sites for hydroxylation is 1. The van der Waals surface area contributed by atoms with E-state index in [0.717, 1.165) is 52.0 Å². The number of nitriles is 1.